The van der Waals surface area contributed by atoms with Gasteiger partial charge in [-0.15, -0.1) is 11.8 Å². The average Bonchev–Trinajstić information content (AvgIpc) is 2.33. The van der Waals surface area contributed by atoms with Gasteiger partial charge in [-0.05, 0) is 49.9 Å². The van der Waals surface area contributed by atoms with Crippen LogP contribution >= 0.6 is 23.4 Å². The van der Waals surface area contributed by atoms with Gasteiger partial charge < -0.3 is 5.11 Å². The van der Waals surface area contributed by atoms with Crippen molar-refractivity contribution in [2.75, 3.05) is 0 Å². The molecule has 1 aromatic carbocycles. The lowest BCUT2D eigenvalue weighted by atomic mass is 9.89. The van der Waals surface area contributed by atoms with Crippen molar-refractivity contribution in [1.82, 2.24) is 0 Å². The van der Waals surface area contributed by atoms with Crippen molar-refractivity contribution >= 4 is 29.3 Å². The molecule has 1 N–H and O–H groups in total. The number of halogens is 1. The van der Waals surface area contributed by atoms with E-state index in [4.69, 9.17) is 16.7 Å². The number of carbonyl (C=O) groups is 1. The molecule has 1 fully saturated rings. The molecule has 0 bridgehead atoms. The zero-order valence-electron chi connectivity index (χ0n) is 9.43. The minimum Gasteiger partial charge on any atom is -0.481 e. The maximum atomic E-state index is 10.8. The predicted molar refractivity (Wildman–Crippen MR) is 70.7 cm³/mol. The van der Waals surface area contributed by atoms with Gasteiger partial charge in [-0.3, -0.25) is 4.79 Å². The Morgan fingerprint density at radius 1 is 1.18 bits per heavy atom. The zero-order valence-corrected chi connectivity index (χ0v) is 11.0. The number of aliphatic carboxylic acids is 1. The van der Waals surface area contributed by atoms with Crippen molar-refractivity contribution in [2.45, 2.75) is 35.8 Å². The van der Waals surface area contributed by atoms with Crippen LogP contribution < -0.4 is 0 Å². The fourth-order valence-corrected chi connectivity index (χ4v) is 3.45. The predicted octanol–water partition coefficient (Wildman–Crippen LogP) is 4.08. The second kappa shape index (κ2) is 5.78. The van der Waals surface area contributed by atoms with Gasteiger partial charge in [0.05, 0.1) is 5.92 Å². The molecule has 0 atom stereocenters. The van der Waals surface area contributed by atoms with E-state index < -0.39 is 5.97 Å². The summed E-state index contributed by atoms with van der Waals surface area (Å²) >= 11 is 7.67. The second-order valence-corrected chi connectivity index (χ2v) is 6.19. The fraction of sp³-hybridized carbons (Fsp3) is 0.462. The van der Waals surface area contributed by atoms with Gasteiger partial charge in [0.25, 0.3) is 0 Å². The van der Waals surface area contributed by atoms with Gasteiger partial charge in [0.2, 0.25) is 0 Å². The van der Waals surface area contributed by atoms with Crippen LogP contribution in [0.25, 0.3) is 0 Å². The van der Waals surface area contributed by atoms with Crippen LogP contribution in [0.1, 0.15) is 25.7 Å². The minimum absolute atomic E-state index is 0.128. The number of benzene rings is 1. The average molecular weight is 271 g/mol. The SMILES string of the molecule is O=C(O)C1CCC(Sc2ccc(Cl)cc2)CC1. The Balaban J connectivity index is 1.85. The maximum Gasteiger partial charge on any atom is 0.306 e. The first-order chi connectivity index (χ1) is 8.15. The van der Waals surface area contributed by atoms with Gasteiger partial charge in [-0.2, -0.15) is 0 Å². The minimum atomic E-state index is -0.639. The summed E-state index contributed by atoms with van der Waals surface area (Å²) in [7, 11) is 0. The summed E-state index contributed by atoms with van der Waals surface area (Å²) < 4.78 is 0. The molecule has 92 valence electrons. The number of hydrogen-bond donors (Lipinski definition) is 1. The summed E-state index contributed by atoms with van der Waals surface area (Å²) in [6.07, 6.45) is 3.59. The smallest absolute Gasteiger partial charge is 0.306 e. The van der Waals surface area contributed by atoms with Crippen molar-refractivity contribution < 1.29 is 9.90 Å². The van der Waals surface area contributed by atoms with E-state index in [9.17, 15) is 4.79 Å². The number of carboxylic acid groups (broad SMARTS) is 1. The highest BCUT2D eigenvalue weighted by Crippen LogP contribution is 2.36. The molecule has 0 aromatic heterocycles. The first kappa shape index (κ1) is 12.8. The van der Waals surface area contributed by atoms with E-state index in [1.54, 1.807) is 0 Å². The van der Waals surface area contributed by atoms with E-state index in [-0.39, 0.29) is 5.92 Å². The van der Waals surface area contributed by atoms with Crippen molar-refractivity contribution in [1.29, 1.82) is 0 Å². The largest absolute Gasteiger partial charge is 0.481 e. The number of hydrogen-bond acceptors (Lipinski definition) is 2. The molecule has 0 spiro atoms. The summed E-state index contributed by atoms with van der Waals surface area (Å²) in [6.45, 7) is 0. The normalized spacial score (nSPS) is 24.5. The highest BCUT2D eigenvalue weighted by molar-refractivity contribution is 8.00. The molecule has 0 aliphatic heterocycles. The van der Waals surface area contributed by atoms with Gasteiger partial charge in [0, 0.05) is 15.2 Å². The lowest BCUT2D eigenvalue weighted by Gasteiger charge is -2.25. The highest BCUT2D eigenvalue weighted by atomic mass is 35.5. The van der Waals surface area contributed by atoms with Crippen LogP contribution in [0.5, 0.6) is 0 Å². The quantitative estimate of drug-likeness (QED) is 0.899. The molecule has 1 aliphatic carbocycles. The highest BCUT2D eigenvalue weighted by Gasteiger charge is 2.26. The zero-order chi connectivity index (χ0) is 12.3. The van der Waals surface area contributed by atoms with Crippen molar-refractivity contribution in [3.05, 3.63) is 29.3 Å². The van der Waals surface area contributed by atoms with Gasteiger partial charge in [0.1, 0.15) is 0 Å². The van der Waals surface area contributed by atoms with Crippen molar-refractivity contribution in [3.8, 4) is 0 Å². The number of rotatable bonds is 3. The third-order valence-electron chi connectivity index (χ3n) is 3.14. The molecule has 1 saturated carbocycles. The van der Waals surface area contributed by atoms with Crippen molar-refractivity contribution in [3.63, 3.8) is 0 Å². The molecule has 4 heteroatoms. The Bertz CT molecular complexity index is 383. The van der Waals surface area contributed by atoms with E-state index in [1.807, 2.05) is 36.0 Å². The van der Waals surface area contributed by atoms with Crippen LogP contribution in [0, 0.1) is 5.92 Å². The monoisotopic (exact) mass is 270 g/mol. The molecule has 0 amide bonds. The lowest BCUT2D eigenvalue weighted by Crippen LogP contribution is -2.22. The summed E-state index contributed by atoms with van der Waals surface area (Å²) in [6, 6.07) is 7.84. The van der Waals surface area contributed by atoms with Gasteiger partial charge in [-0.25, -0.2) is 0 Å². The summed E-state index contributed by atoms with van der Waals surface area (Å²) in [5.41, 5.74) is 0. The third-order valence-corrected chi connectivity index (χ3v) is 4.74. The Labute approximate surface area is 110 Å². The molecule has 0 unspecified atom stereocenters. The van der Waals surface area contributed by atoms with E-state index >= 15 is 0 Å². The molecule has 0 saturated heterocycles. The number of carboxylic acids is 1. The Kier molecular flexibility index (Phi) is 4.35. The Morgan fingerprint density at radius 3 is 2.29 bits per heavy atom. The van der Waals surface area contributed by atoms with Crippen LogP contribution in [0.2, 0.25) is 5.02 Å². The first-order valence-corrected chi connectivity index (χ1v) is 7.06. The van der Waals surface area contributed by atoms with Gasteiger partial charge >= 0.3 is 5.97 Å². The Morgan fingerprint density at radius 2 is 1.76 bits per heavy atom. The van der Waals surface area contributed by atoms with Gasteiger partial charge in [0.15, 0.2) is 0 Å². The molecule has 0 radical (unpaired) electrons. The van der Waals surface area contributed by atoms with Crippen LogP contribution in [-0.4, -0.2) is 16.3 Å². The van der Waals surface area contributed by atoms with E-state index in [0.717, 1.165) is 30.7 Å². The molecule has 2 nitrogen and oxygen atoms in total. The third kappa shape index (κ3) is 3.65. The molecule has 2 rings (SSSR count). The lowest BCUT2D eigenvalue weighted by molar-refractivity contribution is -0.142. The maximum absolute atomic E-state index is 10.8. The molecule has 1 aromatic rings. The first-order valence-electron chi connectivity index (χ1n) is 5.80. The van der Waals surface area contributed by atoms with Crippen LogP contribution in [-0.2, 0) is 4.79 Å². The van der Waals surface area contributed by atoms with Gasteiger partial charge in [-0.1, -0.05) is 11.6 Å². The van der Waals surface area contributed by atoms with E-state index in [2.05, 4.69) is 0 Å². The summed E-state index contributed by atoms with van der Waals surface area (Å²) in [4.78, 5) is 12.1. The number of thioether (sulfide) groups is 1. The topological polar surface area (TPSA) is 37.3 Å². The van der Waals surface area contributed by atoms with E-state index in [1.165, 1.54) is 4.90 Å². The van der Waals surface area contributed by atoms with E-state index in [0.29, 0.717) is 5.25 Å². The Hall–Kier alpha value is -0.670. The second-order valence-electron chi connectivity index (χ2n) is 4.38. The molecular weight excluding hydrogens is 256 g/mol. The van der Waals surface area contributed by atoms with Crippen LogP contribution in [0.15, 0.2) is 29.2 Å². The standard InChI is InChI=1S/C13H15ClO2S/c14-10-3-7-12(8-4-10)17-11-5-1-9(2-6-11)13(15)16/h3-4,7-9,11H,1-2,5-6H2,(H,15,16). The fourth-order valence-electron chi connectivity index (χ4n) is 2.13. The summed E-state index contributed by atoms with van der Waals surface area (Å²) in [5.74, 6) is -0.767. The van der Waals surface area contributed by atoms with Crippen molar-refractivity contribution in [2.24, 2.45) is 5.92 Å². The molecular formula is C13H15ClO2S. The molecule has 1 aliphatic rings. The van der Waals surface area contributed by atoms with Crippen LogP contribution in [0.3, 0.4) is 0 Å². The molecule has 0 heterocycles. The molecule has 17 heavy (non-hydrogen) atoms. The van der Waals surface area contributed by atoms with Crippen LogP contribution in [0.4, 0.5) is 0 Å². The summed E-state index contributed by atoms with van der Waals surface area (Å²) in [5, 5.41) is 10.2.